The van der Waals surface area contributed by atoms with Crippen molar-refractivity contribution in [2.75, 3.05) is 6.61 Å². The molecule has 0 amide bonds. The monoisotopic (exact) mass is 202 g/mol. The fraction of sp³-hybridized carbons (Fsp3) is 0.833. The van der Waals surface area contributed by atoms with Crippen LogP contribution in [0, 0.1) is 0 Å². The van der Waals surface area contributed by atoms with Crippen molar-refractivity contribution in [1.82, 2.24) is 0 Å². The number of hydrogen-bond acceptors (Lipinski definition) is 2. The van der Waals surface area contributed by atoms with Crippen LogP contribution in [0.3, 0.4) is 0 Å². The second-order valence-corrected chi connectivity index (χ2v) is 3.13. The average molecular weight is 202 g/mol. The van der Waals surface area contributed by atoms with Crippen molar-refractivity contribution >= 4 is 17.7 Å². The zero-order valence-electron chi connectivity index (χ0n) is 6.60. The maximum absolute atomic E-state index is 11.6. The van der Waals surface area contributed by atoms with Crippen molar-refractivity contribution in [2.24, 2.45) is 0 Å². The molecule has 0 bridgehead atoms. The molecule has 0 aliphatic carbocycles. The summed E-state index contributed by atoms with van der Waals surface area (Å²) in [6.45, 7) is 1.02. The maximum Gasteiger partial charge on any atom is 0.411 e. The van der Waals surface area contributed by atoms with Crippen LogP contribution in [0.4, 0.5) is 13.2 Å². The van der Waals surface area contributed by atoms with Gasteiger partial charge in [0.2, 0.25) is 5.12 Å². The molecule has 0 atom stereocenters. The summed E-state index contributed by atoms with van der Waals surface area (Å²) in [5.41, 5.74) is -1.49. The first kappa shape index (κ1) is 11.8. The molecule has 0 radical (unpaired) electrons. The zero-order chi connectivity index (χ0) is 9.99. The van der Waals surface area contributed by atoms with Crippen LogP contribution in [0.15, 0.2) is 0 Å². The first-order valence-corrected chi connectivity index (χ1v) is 3.54. The Kier molecular flexibility index (Phi) is 3.59. The van der Waals surface area contributed by atoms with E-state index in [0.717, 1.165) is 0 Å². The third kappa shape index (κ3) is 4.61. The molecule has 0 spiro atoms. The molecule has 0 heterocycles. The number of alkyl halides is 3. The summed E-state index contributed by atoms with van der Waals surface area (Å²) >= 11 is 3.38. The van der Waals surface area contributed by atoms with Crippen molar-refractivity contribution in [3.8, 4) is 0 Å². The van der Waals surface area contributed by atoms with Crippen LogP contribution in [-0.4, -0.2) is 23.5 Å². The van der Waals surface area contributed by atoms with Crippen molar-refractivity contribution in [3.63, 3.8) is 0 Å². The van der Waals surface area contributed by atoms with Gasteiger partial charge in [0.15, 0.2) is 0 Å². The molecular formula is C6H9F3O2S. The Morgan fingerprint density at radius 3 is 2.08 bits per heavy atom. The van der Waals surface area contributed by atoms with Crippen molar-refractivity contribution in [1.29, 1.82) is 0 Å². The van der Waals surface area contributed by atoms with E-state index in [1.54, 1.807) is 0 Å². The fourth-order valence-corrected chi connectivity index (χ4v) is 0.389. The standard InChI is InChI=1S/C6H9F3O2S/c1-5(2,4(10)12)11-3-6(7,8)9/h3H2,1-2H3,(H,10,12). The highest BCUT2D eigenvalue weighted by molar-refractivity contribution is 7.96. The third-order valence-electron chi connectivity index (χ3n) is 1.11. The van der Waals surface area contributed by atoms with Gasteiger partial charge in [-0.25, -0.2) is 0 Å². The van der Waals surface area contributed by atoms with Crippen molar-refractivity contribution in [3.05, 3.63) is 0 Å². The third-order valence-corrected chi connectivity index (χ3v) is 1.65. The van der Waals surface area contributed by atoms with E-state index in [-0.39, 0.29) is 0 Å². The largest absolute Gasteiger partial charge is 0.411 e. The van der Waals surface area contributed by atoms with Crippen LogP contribution in [0.2, 0.25) is 0 Å². The number of halogens is 3. The zero-order valence-corrected chi connectivity index (χ0v) is 7.50. The van der Waals surface area contributed by atoms with Gasteiger partial charge < -0.3 is 4.74 Å². The van der Waals surface area contributed by atoms with Crippen molar-refractivity contribution in [2.45, 2.75) is 25.6 Å². The summed E-state index contributed by atoms with van der Waals surface area (Å²) in [6, 6.07) is 0. The molecule has 72 valence electrons. The molecule has 6 heteroatoms. The van der Waals surface area contributed by atoms with E-state index < -0.39 is 23.5 Å². The number of ether oxygens (including phenoxy) is 1. The van der Waals surface area contributed by atoms with E-state index in [9.17, 15) is 18.0 Å². The van der Waals surface area contributed by atoms with Gasteiger partial charge in [0.05, 0.1) is 0 Å². The van der Waals surface area contributed by atoms with Crippen LogP contribution in [-0.2, 0) is 9.53 Å². The second-order valence-electron chi connectivity index (χ2n) is 2.72. The van der Waals surface area contributed by atoms with Gasteiger partial charge in [-0.2, -0.15) is 13.2 Å². The first-order chi connectivity index (χ1) is 5.15. The molecule has 0 aromatic rings. The smallest absolute Gasteiger partial charge is 0.357 e. The minimum Gasteiger partial charge on any atom is -0.357 e. The minimum atomic E-state index is -4.42. The molecule has 0 rings (SSSR count). The van der Waals surface area contributed by atoms with Crippen LogP contribution in [0.1, 0.15) is 13.8 Å². The lowest BCUT2D eigenvalue weighted by Gasteiger charge is -2.21. The van der Waals surface area contributed by atoms with Gasteiger partial charge >= 0.3 is 6.18 Å². The molecule has 0 saturated carbocycles. The van der Waals surface area contributed by atoms with Gasteiger partial charge in [-0.05, 0) is 13.8 Å². The number of rotatable bonds is 3. The Bertz CT molecular complexity index is 176. The molecular weight excluding hydrogens is 193 g/mol. The molecule has 0 N–H and O–H groups in total. The average Bonchev–Trinajstić information content (AvgIpc) is 1.82. The molecule has 0 aromatic heterocycles. The van der Waals surface area contributed by atoms with Gasteiger partial charge in [0, 0.05) is 0 Å². The molecule has 0 unspecified atom stereocenters. The summed E-state index contributed by atoms with van der Waals surface area (Å²) in [5, 5.41) is -0.730. The quantitative estimate of drug-likeness (QED) is 0.706. The Morgan fingerprint density at radius 2 is 1.83 bits per heavy atom. The Hall–Kier alpha value is -0.230. The fourth-order valence-electron chi connectivity index (χ4n) is 0.324. The van der Waals surface area contributed by atoms with Crippen molar-refractivity contribution < 1.29 is 22.7 Å². The second kappa shape index (κ2) is 3.66. The summed E-state index contributed by atoms with van der Waals surface area (Å²) in [7, 11) is 0. The Morgan fingerprint density at radius 1 is 1.42 bits per heavy atom. The van der Waals surface area contributed by atoms with Gasteiger partial charge in [0.1, 0.15) is 12.2 Å². The lowest BCUT2D eigenvalue weighted by Crippen LogP contribution is -2.35. The topological polar surface area (TPSA) is 26.3 Å². The van der Waals surface area contributed by atoms with Crippen LogP contribution < -0.4 is 0 Å². The van der Waals surface area contributed by atoms with Gasteiger partial charge in [-0.1, -0.05) is 0 Å². The van der Waals surface area contributed by atoms with Gasteiger partial charge in [0.25, 0.3) is 0 Å². The normalized spacial score (nSPS) is 13.2. The van der Waals surface area contributed by atoms with E-state index >= 15 is 0 Å². The van der Waals surface area contributed by atoms with Gasteiger partial charge in [-0.3, -0.25) is 4.79 Å². The molecule has 0 aromatic carbocycles. The van der Waals surface area contributed by atoms with Crippen LogP contribution >= 0.6 is 12.6 Å². The molecule has 0 aliphatic rings. The number of hydrogen-bond donors (Lipinski definition) is 1. The van der Waals surface area contributed by atoms with E-state index in [0.29, 0.717) is 0 Å². The number of carbonyl (C=O) groups excluding carboxylic acids is 1. The van der Waals surface area contributed by atoms with E-state index in [1.165, 1.54) is 13.8 Å². The molecule has 2 nitrogen and oxygen atoms in total. The predicted octanol–water partition coefficient (Wildman–Crippen LogP) is 1.80. The molecule has 12 heavy (non-hydrogen) atoms. The highest BCUT2D eigenvalue weighted by Crippen LogP contribution is 2.20. The van der Waals surface area contributed by atoms with Crippen LogP contribution in [0.5, 0.6) is 0 Å². The summed E-state index contributed by atoms with van der Waals surface area (Å²) in [6.07, 6.45) is -4.42. The molecule has 0 saturated heterocycles. The van der Waals surface area contributed by atoms with E-state index in [2.05, 4.69) is 17.4 Å². The number of thiol groups is 1. The van der Waals surface area contributed by atoms with E-state index in [4.69, 9.17) is 0 Å². The summed E-state index contributed by atoms with van der Waals surface area (Å²) < 4.78 is 39.1. The lowest BCUT2D eigenvalue weighted by molar-refractivity contribution is -0.197. The predicted molar refractivity (Wildman–Crippen MR) is 40.1 cm³/mol. The number of carbonyl (C=O) groups is 1. The summed E-state index contributed by atoms with van der Waals surface area (Å²) in [5.74, 6) is 0. The highest BCUT2D eigenvalue weighted by atomic mass is 32.1. The highest BCUT2D eigenvalue weighted by Gasteiger charge is 2.34. The van der Waals surface area contributed by atoms with E-state index in [1.807, 2.05) is 0 Å². The maximum atomic E-state index is 11.6. The first-order valence-electron chi connectivity index (χ1n) is 3.09. The van der Waals surface area contributed by atoms with Crippen LogP contribution in [0.25, 0.3) is 0 Å². The molecule has 0 aliphatic heterocycles. The molecule has 0 fully saturated rings. The summed E-state index contributed by atoms with van der Waals surface area (Å²) in [4.78, 5) is 10.6. The lowest BCUT2D eigenvalue weighted by atomic mass is 10.2. The minimum absolute atomic E-state index is 0.730. The Balaban J connectivity index is 4.01. The van der Waals surface area contributed by atoms with Gasteiger partial charge in [-0.15, -0.1) is 12.6 Å². The Labute approximate surface area is 73.5 Å². The SMILES string of the molecule is CC(C)(OCC(F)(F)F)C(=O)S.